The molecule has 0 amide bonds. The van der Waals surface area contributed by atoms with Crippen LogP contribution in [-0.2, 0) is 0 Å². The van der Waals surface area contributed by atoms with Crippen molar-refractivity contribution in [2.24, 2.45) is 0 Å². The molecule has 0 aliphatic rings. The van der Waals surface area contributed by atoms with E-state index in [-0.39, 0.29) is 11.8 Å². The lowest BCUT2D eigenvalue weighted by molar-refractivity contribution is -0.0539. The van der Waals surface area contributed by atoms with E-state index in [9.17, 15) is 8.78 Å². The zero-order valence-corrected chi connectivity index (χ0v) is 7.37. The Morgan fingerprint density at radius 1 is 1.23 bits per heavy atom. The van der Waals surface area contributed by atoms with Crippen LogP contribution < -0.4 is 4.74 Å². The lowest BCUT2D eigenvalue weighted by atomic mass is 10.1. The number of aromatic nitrogens is 2. The maximum atomic E-state index is 11.9. The number of halogens is 2. The fourth-order valence-corrected chi connectivity index (χ4v) is 0.907. The van der Waals surface area contributed by atoms with Crippen molar-refractivity contribution in [1.82, 2.24) is 9.97 Å². The van der Waals surface area contributed by atoms with Gasteiger partial charge in [-0.15, -0.1) is 0 Å². The SMILES string of the molecule is CC(C)c1nccnc1OC(F)F. The summed E-state index contributed by atoms with van der Waals surface area (Å²) >= 11 is 0. The molecule has 0 saturated heterocycles. The number of alkyl halides is 2. The lowest BCUT2D eigenvalue weighted by Crippen LogP contribution is -2.08. The molecule has 1 heterocycles. The summed E-state index contributed by atoms with van der Waals surface area (Å²) in [4.78, 5) is 7.59. The number of ether oxygens (including phenoxy) is 1. The summed E-state index contributed by atoms with van der Waals surface area (Å²) in [5, 5.41) is 0. The van der Waals surface area contributed by atoms with Crippen LogP contribution in [0.5, 0.6) is 5.88 Å². The summed E-state index contributed by atoms with van der Waals surface area (Å²) < 4.78 is 27.9. The van der Waals surface area contributed by atoms with E-state index in [4.69, 9.17) is 0 Å². The van der Waals surface area contributed by atoms with E-state index < -0.39 is 6.61 Å². The number of rotatable bonds is 3. The molecule has 3 nitrogen and oxygen atoms in total. The second kappa shape index (κ2) is 4.11. The molecule has 0 atom stereocenters. The van der Waals surface area contributed by atoms with E-state index in [1.165, 1.54) is 12.4 Å². The predicted molar refractivity (Wildman–Crippen MR) is 42.8 cm³/mol. The van der Waals surface area contributed by atoms with E-state index in [0.717, 1.165) is 0 Å². The molecule has 0 N–H and O–H groups in total. The number of hydrogen-bond donors (Lipinski definition) is 0. The van der Waals surface area contributed by atoms with Crippen LogP contribution in [0, 0.1) is 0 Å². The van der Waals surface area contributed by atoms with E-state index in [1.807, 2.05) is 13.8 Å². The molecule has 0 aliphatic heterocycles. The van der Waals surface area contributed by atoms with Crippen molar-refractivity contribution in [3.8, 4) is 5.88 Å². The summed E-state index contributed by atoms with van der Waals surface area (Å²) in [7, 11) is 0. The van der Waals surface area contributed by atoms with Gasteiger partial charge in [0.05, 0.1) is 0 Å². The summed E-state index contributed by atoms with van der Waals surface area (Å²) in [5.41, 5.74) is 0.447. The third-order valence-electron chi connectivity index (χ3n) is 1.44. The first-order valence-electron chi connectivity index (χ1n) is 3.87. The standard InChI is InChI=1S/C8H10F2N2O/c1-5(2)6-7(13-8(9)10)12-4-3-11-6/h3-5,8H,1-2H3. The number of hydrogen-bond acceptors (Lipinski definition) is 3. The summed E-state index contributed by atoms with van der Waals surface area (Å²) in [5.74, 6) is -0.0741. The van der Waals surface area contributed by atoms with E-state index in [2.05, 4.69) is 14.7 Å². The molecule has 0 fully saturated rings. The molecule has 1 aromatic heterocycles. The first-order valence-corrected chi connectivity index (χ1v) is 3.87. The van der Waals surface area contributed by atoms with Gasteiger partial charge in [0.15, 0.2) is 0 Å². The molecule has 1 aromatic rings. The highest BCUT2D eigenvalue weighted by atomic mass is 19.3. The van der Waals surface area contributed by atoms with Crippen LogP contribution in [0.15, 0.2) is 12.4 Å². The van der Waals surface area contributed by atoms with E-state index in [0.29, 0.717) is 5.69 Å². The van der Waals surface area contributed by atoms with Crippen LogP contribution in [0.4, 0.5) is 8.78 Å². The normalized spacial score (nSPS) is 10.9. The van der Waals surface area contributed by atoms with Crippen LogP contribution >= 0.6 is 0 Å². The molecular formula is C8H10F2N2O. The van der Waals surface area contributed by atoms with Crippen molar-refractivity contribution in [1.29, 1.82) is 0 Å². The Labute approximate surface area is 74.8 Å². The zero-order chi connectivity index (χ0) is 9.84. The Hall–Kier alpha value is -1.26. The minimum atomic E-state index is -2.85. The maximum absolute atomic E-state index is 11.9. The van der Waals surface area contributed by atoms with Gasteiger partial charge in [-0.25, -0.2) is 4.98 Å². The highest BCUT2D eigenvalue weighted by molar-refractivity contribution is 5.20. The highest BCUT2D eigenvalue weighted by Gasteiger charge is 2.13. The fraction of sp³-hybridized carbons (Fsp3) is 0.500. The van der Waals surface area contributed by atoms with Crippen LogP contribution in [0.2, 0.25) is 0 Å². The van der Waals surface area contributed by atoms with Crippen molar-refractivity contribution < 1.29 is 13.5 Å². The molecule has 0 aliphatic carbocycles. The first-order chi connectivity index (χ1) is 6.11. The fourth-order valence-electron chi connectivity index (χ4n) is 0.907. The minimum Gasteiger partial charge on any atom is -0.415 e. The van der Waals surface area contributed by atoms with Crippen molar-refractivity contribution in [3.63, 3.8) is 0 Å². The van der Waals surface area contributed by atoms with Crippen LogP contribution in [0.1, 0.15) is 25.5 Å². The lowest BCUT2D eigenvalue weighted by Gasteiger charge is -2.09. The van der Waals surface area contributed by atoms with Crippen molar-refractivity contribution >= 4 is 0 Å². The topological polar surface area (TPSA) is 35.0 Å². The Morgan fingerprint density at radius 2 is 1.85 bits per heavy atom. The zero-order valence-electron chi connectivity index (χ0n) is 7.37. The van der Waals surface area contributed by atoms with Crippen molar-refractivity contribution in [2.75, 3.05) is 0 Å². The van der Waals surface area contributed by atoms with Gasteiger partial charge in [-0.2, -0.15) is 8.78 Å². The molecule has 72 valence electrons. The first kappa shape index (κ1) is 9.83. The second-order valence-electron chi connectivity index (χ2n) is 2.78. The molecule has 5 heteroatoms. The Morgan fingerprint density at radius 3 is 2.38 bits per heavy atom. The molecule has 0 radical (unpaired) electrons. The summed E-state index contributed by atoms with van der Waals surface area (Å²) in [6, 6.07) is 0. The molecule has 0 aromatic carbocycles. The summed E-state index contributed by atoms with van der Waals surface area (Å²) in [6.45, 7) is 0.819. The van der Waals surface area contributed by atoms with Gasteiger partial charge in [-0.05, 0) is 0 Å². The van der Waals surface area contributed by atoms with Crippen LogP contribution in [0.25, 0.3) is 0 Å². The van der Waals surface area contributed by atoms with Gasteiger partial charge in [-0.1, -0.05) is 13.8 Å². The van der Waals surface area contributed by atoms with Crippen molar-refractivity contribution in [2.45, 2.75) is 26.4 Å². The van der Waals surface area contributed by atoms with Gasteiger partial charge < -0.3 is 4.74 Å². The highest BCUT2D eigenvalue weighted by Crippen LogP contribution is 2.21. The number of nitrogens with zero attached hydrogens (tertiary/aromatic N) is 2. The molecular weight excluding hydrogens is 178 g/mol. The summed E-state index contributed by atoms with van der Waals surface area (Å²) in [6.07, 6.45) is 2.78. The quantitative estimate of drug-likeness (QED) is 0.729. The van der Waals surface area contributed by atoms with Gasteiger partial charge >= 0.3 is 6.61 Å². The van der Waals surface area contributed by atoms with Crippen LogP contribution in [0.3, 0.4) is 0 Å². The average Bonchev–Trinajstić information content (AvgIpc) is 2.03. The Bertz CT molecular complexity index is 279. The third-order valence-corrected chi connectivity index (χ3v) is 1.44. The molecule has 13 heavy (non-hydrogen) atoms. The Balaban J connectivity index is 2.91. The smallest absolute Gasteiger partial charge is 0.388 e. The van der Waals surface area contributed by atoms with Crippen molar-refractivity contribution in [3.05, 3.63) is 18.1 Å². The molecule has 0 saturated carbocycles. The minimum absolute atomic E-state index is 0.0162. The van der Waals surface area contributed by atoms with E-state index >= 15 is 0 Å². The van der Waals surface area contributed by atoms with Gasteiger partial charge in [-0.3, -0.25) is 4.98 Å². The maximum Gasteiger partial charge on any atom is 0.388 e. The average molecular weight is 188 g/mol. The van der Waals surface area contributed by atoms with Gasteiger partial charge in [0.2, 0.25) is 5.88 Å². The van der Waals surface area contributed by atoms with Gasteiger partial charge in [0.25, 0.3) is 0 Å². The predicted octanol–water partition coefficient (Wildman–Crippen LogP) is 2.20. The molecule has 0 bridgehead atoms. The van der Waals surface area contributed by atoms with Gasteiger partial charge in [0, 0.05) is 18.3 Å². The second-order valence-corrected chi connectivity index (χ2v) is 2.78. The third kappa shape index (κ3) is 2.61. The van der Waals surface area contributed by atoms with Crippen LogP contribution in [-0.4, -0.2) is 16.6 Å². The molecule has 0 spiro atoms. The van der Waals surface area contributed by atoms with E-state index in [1.54, 1.807) is 0 Å². The molecule has 0 unspecified atom stereocenters. The monoisotopic (exact) mass is 188 g/mol. The Kier molecular flexibility index (Phi) is 3.11. The largest absolute Gasteiger partial charge is 0.415 e. The van der Waals surface area contributed by atoms with Gasteiger partial charge in [0.1, 0.15) is 5.69 Å². The molecule has 1 rings (SSSR count).